The van der Waals surface area contributed by atoms with E-state index < -0.39 is 28.8 Å². The van der Waals surface area contributed by atoms with Gasteiger partial charge >= 0.3 is 16.5 Å². The third-order valence-corrected chi connectivity index (χ3v) is 2.38. The fourth-order valence-electron chi connectivity index (χ4n) is 1.36. The first-order valence-electron chi connectivity index (χ1n) is 4.34. The molecular formula is C6H11FN2O6S. The van der Waals surface area contributed by atoms with Crippen LogP contribution in [0.2, 0.25) is 0 Å². The number of carbonyl (C=O) groups is 1. The predicted octanol–water partition coefficient (Wildman–Crippen LogP) is -0.252. The molecule has 0 aromatic heterocycles. The van der Waals surface area contributed by atoms with Gasteiger partial charge < -0.3 is 5.11 Å². The Morgan fingerprint density at radius 3 is 2.62 bits per heavy atom. The summed E-state index contributed by atoms with van der Waals surface area (Å²) in [6.45, 7) is -0.258. The van der Waals surface area contributed by atoms with Crippen LogP contribution in [0.4, 0.5) is 9.18 Å². The lowest BCUT2D eigenvalue weighted by Crippen LogP contribution is -2.51. The van der Waals surface area contributed by atoms with E-state index in [1.807, 2.05) is 5.48 Å². The van der Waals surface area contributed by atoms with E-state index in [2.05, 4.69) is 4.28 Å². The molecule has 1 aliphatic rings. The zero-order chi connectivity index (χ0) is 12.3. The maximum absolute atomic E-state index is 13.1. The Morgan fingerprint density at radius 1 is 1.50 bits per heavy atom. The molecule has 1 fully saturated rings. The van der Waals surface area contributed by atoms with Gasteiger partial charge in [-0.25, -0.2) is 9.18 Å². The highest BCUT2D eigenvalue weighted by Gasteiger charge is 2.32. The average molecular weight is 258 g/mol. The Hall–Kier alpha value is -0.970. The number of hydroxylamine groups is 1. The molecule has 0 spiro atoms. The Morgan fingerprint density at radius 2 is 2.12 bits per heavy atom. The maximum Gasteiger partial charge on any atom is 0.413 e. The molecule has 0 aromatic carbocycles. The van der Waals surface area contributed by atoms with Crippen LogP contribution in [-0.2, 0) is 14.7 Å². The fraction of sp³-hybridized carbons (Fsp3) is 0.833. The van der Waals surface area contributed by atoms with Crippen LogP contribution in [0, 0.1) is 0 Å². The number of amides is 1. The third-order valence-electron chi connectivity index (χ3n) is 2.07. The van der Waals surface area contributed by atoms with E-state index in [0.29, 0.717) is 4.90 Å². The van der Waals surface area contributed by atoms with Crippen molar-refractivity contribution in [1.82, 2.24) is 10.4 Å². The number of piperidine rings is 1. The lowest BCUT2D eigenvalue weighted by Gasteiger charge is -2.33. The molecule has 3 N–H and O–H groups in total. The van der Waals surface area contributed by atoms with Crippen molar-refractivity contribution in [2.45, 2.75) is 25.2 Å². The average Bonchev–Trinajstić information content (AvgIpc) is 2.14. The van der Waals surface area contributed by atoms with Crippen LogP contribution in [0.25, 0.3) is 0 Å². The minimum absolute atomic E-state index is 0.0706. The minimum atomic E-state index is -4.65. The third kappa shape index (κ3) is 3.89. The number of halogens is 1. The van der Waals surface area contributed by atoms with Gasteiger partial charge in [0.25, 0.3) is 0 Å². The monoisotopic (exact) mass is 258 g/mol. The highest BCUT2D eigenvalue weighted by molar-refractivity contribution is 7.80. The quantitative estimate of drug-likeness (QED) is 0.363. The van der Waals surface area contributed by atoms with Gasteiger partial charge in [0.2, 0.25) is 0 Å². The summed E-state index contributed by atoms with van der Waals surface area (Å²) in [6.07, 6.45) is -2.92. The molecule has 1 rings (SSSR count). The second-order valence-electron chi connectivity index (χ2n) is 3.27. The number of rotatable bonds is 3. The second kappa shape index (κ2) is 4.91. The molecule has 0 radical (unpaired) electrons. The van der Waals surface area contributed by atoms with E-state index >= 15 is 0 Å². The molecule has 10 heteroatoms. The van der Waals surface area contributed by atoms with E-state index in [-0.39, 0.29) is 19.4 Å². The summed E-state index contributed by atoms with van der Waals surface area (Å²) in [5.41, 5.74) is 1.96. The molecule has 1 amide bonds. The molecule has 16 heavy (non-hydrogen) atoms. The van der Waals surface area contributed by atoms with Gasteiger partial charge in [-0.1, -0.05) is 0 Å². The smallest absolute Gasteiger partial charge is 0.413 e. The van der Waals surface area contributed by atoms with E-state index in [4.69, 9.17) is 9.66 Å². The van der Waals surface area contributed by atoms with Gasteiger partial charge in [0, 0.05) is 6.54 Å². The lowest BCUT2D eigenvalue weighted by atomic mass is 10.1. The second-order valence-corrected chi connectivity index (χ2v) is 4.29. The summed E-state index contributed by atoms with van der Waals surface area (Å²) < 4.78 is 45.6. The standard InChI is InChI=1S/C6H11FN2O6S/c7-5-2-1-4(3-9(5)6(10)11)8-15-16(12,13)14/h4-5,8H,1-3H2,(H,10,11)(H,12,13,14)/t4-,5+/m1/s1. The van der Waals surface area contributed by atoms with Crippen molar-refractivity contribution in [2.75, 3.05) is 6.54 Å². The number of hydrogen-bond donors (Lipinski definition) is 3. The Balaban J connectivity index is 2.49. The topological polar surface area (TPSA) is 116 Å². The normalized spacial score (nSPS) is 26.8. The summed E-state index contributed by atoms with van der Waals surface area (Å²) in [6, 6.07) is -0.690. The first kappa shape index (κ1) is 13.1. The van der Waals surface area contributed by atoms with Crippen molar-refractivity contribution in [3.8, 4) is 0 Å². The van der Waals surface area contributed by atoms with Crippen molar-refractivity contribution in [3.63, 3.8) is 0 Å². The van der Waals surface area contributed by atoms with Gasteiger partial charge in [-0.05, 0) is 12.8 Å². The van der Waals surface area contributed by atoms with Crippen molar-refractivity contribution < 1.29 is 31.5 Å². The van der Waals surface area contributed by atoms with Crippen molar-refractivity contribution in [3.05, 3.63) is 0 Å². The minimum Gasteiger partial charge on any atom is -0.465 e. The van der Waals surface area contributed by atoms with Gasteiger partial charge in [0.1, 0.15) is 0 Å². The van der Waals surface area contributed by atoms with Gasteiger partial charge in [-0.15, -0.1) is 0 Å². The summed E-state index contributed by atoms with van der Waals surface area (Å²) >= 11 is 0. The molecule has 1 heterocycles. The highest BCUT2D eigenvalue weighted by Crippen LogP contribution is 2.18. The van der Waals surface area contributed by atoms with Gasteiger partial charge in [0.05, 0.1) is 6.04 Å². The van der Waals surface area contributed by atoms with Gasteiger partial charge in [-0.2, -0.15) is 18.2 Å². The number of alkyl halides is 1. The number of hydrogen-bond acceptors (Lipinski definition) is 5. The Kier molecular flexibility index (Phi) is 4.02. The highest BCUT2D eigenvalue weighted by atomic mass is 32.3. The molecule has 94 valence electrons. The summed E-state index contributed by atoms with van der Waals surface area (Å²) in [7, 11) is -4.65. The van der Waals surface area contributed by atoms with Gasteiger partial charge in [-0.3, -0.25) is 9.45 Å². The molecular weight excluding hydrogens is 247 g/mol. The molecule has 1 saturated heterocycles. The molecule has 0 aliphatic carbocycles. The number of likely N-dealkylation sites (tertiary alicyclic amines) is 1. The van der Waals surface area contributed by atoms with Crippen molar-refractivity contribution >= 4 is 16.5 Å². The Bertz CT molecular complexity index is 360. The summed E-state index contributed by atoms with van der Waals surface area (Å²) in [5.74, 6) is 0. The zero-order valence-electron chi connectivity index (χ0n) is 8.04. The summed E-state index contributed by atoms with van der Waals surface area (Å²) in [5, 5.41) is 8.60. The van der Waals surface area contributed by atoms with Gasteiger partial charge in [0.15, 0.2) is 6.30 Å². The molecule has 0 unspecified atom stereocenters. The van der Waals surface area contributed by atoms with Crippen LogP contribution in [0.1, 0.15) is 12.8 Å². The zero-order valence-corrected chi connectivity index (χ0v) is 8.85. The summed E-state index contributed by atoms with van der Waals surface area (Å²) in [4.78, 5) is 11.1. The van der Waals surface area contributed by atoms with E-state index in [9.17, 15) is 17.6 Å². The molecule has 8 nitrogen and oxygen atoms in total. The maximum atomic E-state index is 13.1. The van der Waals surface area contributed by atoms with Crippen molar-refractivity contribution in [1.29, 1.82) is 0 Å². The molecule has 0 saturated carbocycles. The first-order chi connectivity index (χ1) is 7.29. The first-order valence-corrected chi connectivity index (χ1v) is 5.71. The SMILES string of the molecule is O=C(O)N1C[C@H](NOS(=O)(=O)O)CC[C@H]1F. The lowest BCUT2D eigenvalue weighted by molar-refractivity contribution is 0.0129. The Labute approximate surface area is 90.9 Å². The molecule has 1 aliphatic heterocycles. The van der Waals surface area contributed by atoms with Crippen LogP contribution < -0.4 is 5.48 Å². The molecule has 0 aromatic rings. The fourth-order valence-corrected chi connectivity index (χ4v) is 1.62. The molecule has 0 bridgehead atoms. The van der Waals surface area contributed by atoms with E-state index in [0.717, 1.165) is 0 Å². The van der Waals surface area contributed by atoms with E-state index in [1.54, 1.807) is 0 Å². The van der Waals surface area contributed by atoms with Crippen LogP contribution in [0.3, 0.4) is 0 Å². The predicted molar refractivity (Wildman–Crippen MR) is 48.4 cm³/mol. The number of carboxylic acid groups (broad SMARTS) is 1. The van der Waals surface area contributed by atoms with E-state index in [1.165, 1.54) is 0 Å². The van der Waals surface area contributed by atoms with Crippen molar-refractivity contribution in [2.24, 2.45) is 0 Å². The van der Waals surface area contributed by atoms with Crippen LogP contribution >= 0.6 is 0 Å². The largest absolute Gasteiger partial charge is 0.465 e. The molecule has 2 atom stereocenters. The van der Waals surface area contributed by atoms with Crippen LogP contribution in [0.15, 0.2) is 0 Å². The number of nitrogens with zero attached hydrogens (tertiary/aromatic N) is 1. The van der Waals surface area contributed by atoms with Crippen LogP contribution in [-0.4, -0.2) is 48.0 Å². The number of nitrogens with one attached hydrogen (secondary N) is 1. The van der Waals surface area contributed by atoms with Crippen LogP contribution in [0.5, 0.6) is 0 Å².